The highest BCUT2D eigenvalue weighted by atomic mass is 19.4. The number of nitrogens with zero attached hydrogens (tertiary/aromatic N) is 3. The Balaban J connectivity index is 1.45. The highest BCUT2D eigenvalue weighted by molar-refractivity contribution is 6.06. The summed E-state index contributed by atoms with van der Waals surface area (Å²) >= 11 is 0. The number of amides is 1. The summed E-state index contributed by atoms with van der Waals surface area (Å²) in [6.45, 7) is 4.26. The van der Waals surface area contributed by atoms with Gasteiger partial charge in [-0.05, 0) is 43.9 Å². The van der Waals surface area contributed by atoms with Gasteiger partial charge in [0, 0.05) is 38.5 Å². The van der Waals surface area contributed by atoms with Crippen LogP contribution in [0.1, 0.15) is 35.7 Å². The van der Waals surface area contributed by atoms with E-state index < -0.39 is 6.36 Å². The van der Waals surface area contributed by atoms with Crippen LogP contribution in [-0.2, 0) is 17.7 Å². The molecule has 182 valence electrons. The maximum Gasteiger partial charge on any atom is 0.573 e. The average Bonchev–Trinajstić information content (AvgIpc) is 3.24. The van der Waals surface area contributed by atoms with E-state index in [9.17, 15) is 18.0 Å². The van der Waals surface area contributed by atoms with E-state index in [-0.39, 0.29) is 17.7 Å². The minimum atomic E-state index is -4.73. The van der Waals surface area contributed by atoms with Crippen molar-refractivity contribution in [1.29, 1.82) is 0 Å². The van der Waals surface area contributed by atoms with Gasteiger partial charge < -0.3 is 20.1 Å². The van der Waals surface area contributed by atoms with Crippen molar-refractivity contribution in [3.05, 3.63) is 47.8 Å². The number of pyridine rings is 1. The quantitative estimate of drug-likeness (QED) is 0.511. The molecule has 1 amide bonds. The van der Waals surface area contributed by atoms with Crippen LogP contribution in [0.2, 0.25) is 0 Å². The molecule has 3 heterocycles. The molecule has 1 aliphatic rings. The first-order valence-corrected chi connectivity index (χ1v) is 11.2. The van der Waals surface area contributed by atoms with E-state index >= 15 is 0 Å². The van der Waals surface area contributed by atoms with Crippen LogP contribution >= 0.6 is 0 Å². The first kappa shape index (κ1) is 23.8. The minimum Gasteiger partial charge on any atom is -0.406 e. The van der Waals surface area contributed by atoms with Crippen LogP contribution in [0.4, 0.5) is 18.9 Å². The highest BCUT2D eigenvalue weighted by Gasteiger charge is 2.31. The predicted octanol–water partition coefficient (Wildman–Crippen LogP) is 3.91. The number of anilines is 1. The Bertz CT molecular complexity index is 1130. The SMILES string of the molecule is CCn1ncc2c(NC3CCOCC3)c(C(=O)NCCc3ccc(OC(F)(F)F)cc3)cnc21. The Morgan fingerprint density at radius 2 is 1.94 bits per heavy atom. The summed E-state index contributed by atoms with van der Waals surface area (Å²) in [7, 11) is 0. The number of carbonyl (C=O) groups excluding carboxylic acids is 1. The van der Waals surface area contributed by atoms with Crippen molar-refractivity contribution in [3.63, 3.8) is 0 Å². The van der Waals surface area contributed by atoms with Crippen LogP contribution in [0.15, 0.2) is 36.7 Å². The lowest BCUT2D eigenvalue weighted by Gasteiger charge is -2.25. The third-order valence-corrected chi connectivity index (χ3v) is 5.64. The maximum absolute atomic E-state index is 13.0. The van der Waals surface area contributed by atoms with Crippen molar-refractivity contribution in [1.82, 2.24) is 20.1 Å². The van der Waals surface area contributed by atoms with Crippen molar-refractivity contribution in [3.8, 4) is 5.75 Å². The zero-order valence-electron chi connectivity index (χ0n) is 18.7. The van der Waals surface area contributed by atoms with Gasteiger partial charge in [-0.25, -0.2) is 9.67 Å². The molecule has 0 spiro atoms. The topological polar surface area (TPSA) is 90.3 Å². The average molecular weight is 477 g/mol. The van der Waals surface area contributed by atoms with Gasteiger partial charge in [0.15, 0.2) is 5.65 Å². The zero-order valence-corrected chi connectivity index (χ0v) is 18.7. The van der Waals surface area contributed by atoms with Crippen molar-refractivity contribution in [2.45, 2.75) is 45.1 Å². The molecule has 1 aromatic carbocycles. The number of fused-ring (bicyclic) bond motifs is 1. The van der Waals surface area contributed by atoms with E-state index in [2.05, 4.69) is 25.5 Å². The van der Waals surface area contributed by atoms with E-state index in [0.29, 0.717) is 49.6 Å². The number of benzene rings is 1. The predicted molar refractivity (Wildman–Crippen MR) is 120 cm³/mol. The summed E-state index contributed by atoms with van der Waals surface area (Å²) in [6.07, 6.45) is 0.659. The number of aromatic nitrogens is 3. The number of carbonyl (C=O) groups is 1. The van der Waals surface area contributed by atoms with Gasteiger partial charge >= 0.3 is 6.36 Å². The molecule has 1 aliphatic heterocycles. The minimum absolute atomic E-state index is 0.174. The molecule has 0 saturated carbocycles. The Morgan fingerprint density at radius 1 is 1.21 bits per heavy atom. The fourth-order valence-corrected chi connectivity index (χ4v) is 3.91. The first-order chi connectivity index (χ1) is 16.3. The van der Waals surface area contributed by atoms with Crippen LogP contribution in [0.25, 0.3) is 11.0 Å². The molecule has 0 aliphatic carbocycles. The molecule has 34 heavy (non-hydrogen) atoms. The number of nitrogens with one attached hydrogen (secondary N) is 2. The lowest BCUT2D eigenvalue weighted by Crippen LogP contribution is -2.31. The van der Waals surface area contributed by atoms with E-state index in [1.54, 1.807) is 17.1 Å². The Morgan fingerprint density at radius 3 is 2.62 bits per heavy atom. The second-order valence-corrected chi connectivity index (χ2v) is 7.97. The molecule has 1 fully saturated rings. The van der Waals surface area contributed by atoms with Crippen molar-refractivity contribution < 1.29 is 27.4 Å². The second-order valence-electron chi connectivity index (χ2n) is 7.97. The summed E-state index contributed by atoms with van der Waals surface area (Å²) in [6, 6.07) is 5.76. The largest absolute Gasteiger partial charge is 0.573 e. The van der Waals surface area contributed by atoms with Gasteiger partial charge in [0.05, 0.1) is 22.8 Å². The van der Waals surface area contributed by atoms with Gasteiger partial charge in [-0.15, -0.1) is 13.2 Å². The number of halogens is 3. The van der Waals surface area contributed by atoms with Crippen LogP contribution in [0.5, 0.6) is 5.75 Å². The molecular formula is C23H26F3N5O3. The van der Waals surface area contributed by atoms with E-state index in [4.69, 9.17) is 4.74 Å². The molecular weight excluding hydrogens is 451 g/mol. The molecule has 11 heteroatoms. The smallest absolute Gasteiger partial charge is 0.406 e. The van der Waals surface area contributed by atoms with Crippen LogP contribution < -0.4 is 15.4 Å². The number of hydrogen-bond donors (Lipinski definition) is 2. The molecule has 2 N–H and O–H groups in total. The van der Waals surface area contributed by atoms with Gasteiger partial charge in [-0.1, -0.05) is 12.1 Å². The summed E-state index contributed by atoms with van der Waals surface area (Å²) < 4.78 is 48.0. The molecule has 1 saturated heterocycles. The van der Waals surface area contributed by atoms with Crippen molar-refractivity contribution >= 4 is 22.6 Å². The van der Waals surface area contributed by atoms with Gasteiger partial charge in [-0.3, -0.25) is 4.79 Å². The molecule has 2 aromatic heterocycles. The normalized spacial score (nSPS) is 14.8. The molecule has 0 radical (unpaired) electrons. The summed E-state index contributed by atoms with van der Waals surface area (Å²) in [5, 5.41) is 11.5. The lowest BCUT2D eigenvalue weighted by molar-refractivity contribution is -0.274. The number of hydrogen-bond acceptors (Lipinski definition) is 6. The fraction of sp³-hybridized carbons (Fsp3) is 0.435. The Kier molecular flexibility index (Phi) is 7.20. The Hall–Kier alpha value is -3.34. The summed E-state index contributed by atoms with van der Waals surface area (Å²) in [4.78, 5) is 17.5. The number of alkyl halides is 3. The Labute approximate surface area is 194 Å². The highest BCUT2D eigenvalue weighted by Crippen LogP contribution is 2.28. The van der Waals surface area contributed by atoms with Crippen LogP contribution in [0.3, 0.4) is 0 Å². The first-order valence-electron chi connectivity index (χ1n) is 11.2. The molecule has 3 aromatic rings. The number of ether oxygens (including phenoxy) is 2. The summed E-state index contributed by atoms with van der Waals surface area (Å²) in [5.41, 5.74) is 2.59. The third kappa shape index (κ3) is 5.77. The monoisotopic (exact) mass is 477 g/mol. The lowest BCUT2D eigenvalue weighted by atomic mass is 10.1. The van der Waals surface area contributed by atoms with Gasteiger partial charge in [-0.2, -0.15) is 5.10 Å². The summed E-state index contributed by atoms with van der Waals surface area (Å²) in [5.74, 6) is -0.568. The van der Waals surface area contributed by atoms with E-state index in [1.807, 2.05) is 6.92 Å². The van der Waals surface area contributed by atoms with E-state index in [0.717, 1.165) is 23.8 Å². The molecule has 0 bridgehead atoms. The third-order valence-electron chi connectivity index (χ3n) is 5.64. The van der Waals surface area contributed by atoms with Gasteiger partial charge in [0.2, 0.25) is 0 Å². The maximum atomic E-state index is 13.0. The number of rotatable bonds is 8. The molecule has 0 unspecified atom stereocenters. The fourth-order valence-electron chi connectivity index (χ4n) is 3.91. The molecule has 0 atom stereocenters. The zero-order chi connectivity index (χ0) is 24.1. The van der Waals surface area contributed by atoms with Gasteiger partial charge in [0.25, 0.3) is 5.91 Å². The van der Waals surface area contributed by atoms with Crippen LogP contribution in [-0.4, -0.2) is 52.8 Å². The number of aryl methyl sites for hydroxylation is 1. The second kappa shape index (κ2) is 10.3. The molecule has 8 nitrogen and oxygen atoms in total. The molecule has 4 rings (SSSR count). The standard InChI is InChI=1S/C23H26F3N5O3/c1-2-31-21-18(14-29-31)20(30-16-8-11-33-12-9-16)19(13-28-21)22(32)27-10-7-15-3-5-17(6-4-15)34-23(24,25)26/h3-6,13-14,16H,2,7-12H2,1H3,(H,27,32)(H,28,30). The van der Waals surface area contributed by atoms with Crippen molar-refractivity contribution in [2.24, 2.45) is 0 Å². The van der Waals surface area contributed by atoms with Crippen molar-refractivity contribution in [2.75, 3.05) is 25.1 Å². The van der Waals surface area contributed by atoms with E-state index in [1.165, 1.54) is 24.3 Å². The van der Waals surface area contributed by atoms with Gasteiger partial charge in [0.1, 0.15) is 5.75 Å². The van der Waals surface area contributed by atoms with Crippen LogP contribution in [0, 0.1) is 0 Å².